The monoisotopic (exact) mass is 194 g/mol. The van der Waals surface area contributed by atoms with Gasteiger partial charge in [-0.05, 0) is 36.3 Å². The smallest absolute Gasteiger partial charge is 0.126 e. The molecular formula is C12H15FO. The molecule has 14 heavy (non-hydrogen) atoms. The first-order chi connectivity index (χ1) is 6.63. The van der Waals surface area contributed by atoms with Gasteiger partial charge in [0.1, 0.15) is 11.6 Å². The molecule has 1 saturated carbocycles. The molecule has 0 atom stereocenters. The fraction of sp³-hybridized carbons (Fsp3) is 0.500. The summed E-state index contributed by atoms with van der Waals surface area (Å²) in [4.78, 5) is 0. The van der Waals surface area contributed by atoms with Crippen molar-refractivity contribution in [3.63, 3.8) is 0 Å². The van der Waals surface area contributed by atoms with E-state index in [-0.39, 0.29) is 5.82 Å². The predicted molar refractivity (Wildman–Crippen MR) is 54.0 cm³/mol. The number of rotatable bonds is 3. The molecule has 2 rings (SSSR count). The quantitative estimate of drug-likeness (QED) is 0.718. The van der Waals surface area contributed by atoms with E-state index in [9.17, 15) is 4.39 Å². The van der Waals surface area contributed by atoms with Crippen LogP contribution in [0.4, 0.5) is 4.39 Å². The largest absolute Gasteiger partial charge is 0.496 e. The summed E-state index contributed by atoms with van der Waals surface area (Å²) in [5.74, 6) is 0.449. The molecular weight excluding hydrogens is 179 g/mol. The maximum atomic E-state index is 12.9. The summed E-state index contributed by atoms with van der Waals surface area (Å²) in [5, 5.41) is 0. The van der Waals surface area contributed by atoms with E-state index in [4.69, 9.17) is 4.74 Å². The summed E-state index contributed by atoms with van der Waals surface area (Å²) in [5.41, 5.74) is 1.55. The molecule has 1 fully saturated rings. The molecule has 2 heteroatoms. The lowest BCUT2D eigenvalue weighted by atomic mass is 9.98. The van der Waals surface area contributed by atoms with Crippen LogP contribution in [-0.2, 0) is 6.42 Å². The summed E-state index contributed by atoms with van der Waals surface area (Å²) in [6, 6.07) is 4.79. The molecule has 0 N–H and O–H groups in total. The zero-order valence-electron chi connectivity index (χ0n) is 8.64. The summed E-state index contributed by atoms with van der Waals surface area (Å²) in [7, 11) is 1.59. The zero-order valence-corrected chi connectivity index (χ0v) is 8.64. The van der Waals surface area contributed by atoms with Crippen molar-refractivity contribution >= 4 is 0 Å². The standard InChI is InChI=1S/C12H15FO/c1-12(5-6-12)8-9-3-4-10(13)7-11(9)14-2/h3-4,7H,5-6,8H2,1-2H3. The molecule has 1 aromatic carbocycles. The van der Waals surface area contributed by atoms with E-state index in [1.165, 1.54) is 25.0 Å². The molecule has 0 radical (unpaired) electrons. The minimum Gasteiger partial charge on any atom is -0.496 e. The van der Waals surface area contributed by atoms with Gasteiger partial charge in [0.15, 0.2) is 0 Å². The second-order valence-corrected chi connectivity index (χ2v) is 4.44. The van der Waals surface area contributed by atoms with E-state index >= 15 is 0 Å². The maximum Gasteiger partial charge on any atom is 0.126 e. The van der Waals surface area contributed by atoms with Gasteiger partial charge in [0.05, 0.1) is 7.11 Å². The molecule has 0 spiro atoms. The number of halogens is 1. The van der Waals surface area contributed by atoms with Crippen molar-refractivity contribution < 1.29 is 9.13 Å². The Kier molecular flexibility index (Phi) is 2.22. The number of methoxy groups -OCH3 is 1. The second-order valence-electron chi connectivity index (χ2n) is 4.44. The highest BCUT2D eigenvalue weighted by Crippen LogP contribution is 2.48. The predicted octanol–water partition coefficient (Wildman–Crippen LogP) is 3.18. The number of benzene rings is 1. The Hall–Kier alpha value is -1.05. The topological polar surface area (TPSA) is 9.23 Å². The highest BCUT2D eigenvalue weighted by atomic mass is 19.1. The van der Waals surface area contributed by atoms with Crippen LogP contribution in [0.2, 0.25) is 0 Å². The van der Waals surface area contributed by atoms with Gasteiger partial charge in [-0.2, -0.15) is 0 Å². The minimum atomic E-state index is -0.230. The van der Waals surface area contributed by atoms with Gasteiger partial charge in [-0.3, -0.25) is 0 Å². The molecule has 76 valence electrons. The van der Waals surface area contributed by atoms with E-state index < -0.39 is 0 Å². The van der Waals surface area contributed by atoms with Crippen molar-refractivity contribution in [1.29, 1.82) is 0 Å². The summed E-state index contributed by atoms with van der Waals surface area (Å²) in [6.45, 7) is 2.26. The Morgan fingerprint density at radius 1 is 1.43 bits per heavy atom. The third kappa shape index (κ3) is 1.89. The lowest BCUT2D eigenvalue weighted by Crippen LogP contribution is -2.01. The molecule has 0 unspecified atom stereocenters. The zero-order chi connectivity index (χ0) is 10.2. The van der Waals surface area contributed by atoms with Crippen molar-refractivity contribution in [2.24, 2.45) is 5.41 Å². The highest BCUT2D eigenvalue weighted by Gasteiger charge is 2.37. The van der Waals surface area contributed by atoms with E-state index in [1.807, 2.05) is 6.07 Å². The Balaban J connectivity index is 2.23. The molecule has 0 amide bonds. The highest BCUT2D eigenvalue weighted by molar-refractivity contribution is 5.35. The maximum absolute atomic E-state index is 12.9. The van der Waals surface area contributed by atoms with Crippen LogP contribution in [0.25, 0.3) is 0 Å². The van der Waals surface area contributed by atoms with Gasteiger partial charge in [0.25, 0.3) is 0 Å². The van der Waals surface area contributed by atoms with E-state index in [0.717, 1.165) is 12.0 Å². The average Bonchev–Trinajstić information content (AvgIpc) is 2.87. The molecule has 1 nitrogen and oxygen atoms in total. The number of hydrogen-bond acceptors (Lipinski definition) is 1. The molecule has 1 aromatic rings. The molecule has 1 aliphatic rings. The van der Waals surface area contributed by atoms with Crippen molar-refractivity contribution in [2.45, 2.75) is 26.2 Å². The lowest BCUT2D eigenvalue weighted by molar-refractivity contribution is 0.400. The number of ether oxygens (including phenoxy) is 1. The van der Waals surface area contributed by atoms with Gasteiger partial charge >= 0.3 is 0 Å². The Morgan fingerprint density at radius 2 is 2.14 bits per heavy atom. The number of hydrogen-bond donors (Lipinski definition) is 0. The molecule has 0 aliphatic heterocycles. The van der Waals surface area contributed by atoms with E-state index in [2.05, 4.69) is 6.92 Å². The van der Waals surface area contributed by atoms with E-state index in [0.29, 0.717) is 11.2 Å². The first-order valence-electron chi connectivity index (χ1n) is 4.95. The van der Waals surface area contributed by atoms with E-state index in [1.54, 1.807) is 7.11 Å². The van der Waals surface area contributed by atoms with Crippen LogP contribution >= 0.6 is 0 Å². The van der Waals surface area contributed by atoms with Crippen LogP contribution in [0.15, 0.2) is 18.2 Å². The van der Waals surface area contributed by atoms with Crippen LogP contribution in [0, 0.1) is 11.2 Å². The van der Waals surface area contributed by atoms with Crippen LogP contribution in [0.1, 0.15) is 25.3 Å². The third-order valence-electron chi connectivity index (χ3n) is 2.97. The van der Waals surface area contributed by atoms with Crippen molar-refractivity contribution in [2.75, 3.05) is 7.11 Å². The first-order valence-corrected chi connectivity index (χ1v) is 4.95. The van der Waals surface area contributed by atoms with Crippen LogP contribution in [0.5, 0.6) is 5.75 Å². The Morgan fingerprint density at radius 3 is 2.71 bits per heavy atom. The Labute approximate surface area is 83.9 Å². The molecule has 1 aliphatic carbocycles. The normalized spacial score (nSPS) is 17.9. The van der Waals surface area contributed by atoms with Crippen LogP contribution in [-0.4, -0.2) is 7.11 Å². The Bertz CT molecular complexity index is 342. The van der Waals surface area contributed by atoms with Crippen molar-refractivity contribution in [1.82, 2.24) is 0 Å². The lowest BCUT2D eigenvalue weighted by Gasteiger charge is -2.12. The van der Waals surface area contributed by atoms with Crippen LogP contribution in [0.3, 0.4) is 0 Å². The van der Waals surface area contributed by atoms with Gasteiger partial charge in [-0.1, -0.05) is 13.0 Å². The first kappa shape index (κ1) is 9.50. The molecule has 0 heterocycles. The van der Waals surface area contributed by atoms with Crippen molar-refractivity contribution in [3.05, 3.63) is 29.6 Å². The molecule has 0 saturated heterocycles. The fourth-order valence-electron chi connectivity index (χ4n) is 1.71. The molecule has 0 bridgehead atoms. The van der Waals surface area contributed by atoms with Gasteiger partial charge in [0, 0.05) is 6.07 Å². The van der Waals surface area contributed by atoms with Gasteiger partial charge < -0.3 is 4.74 Å². The fourth-order valence-corrected chi connectivity index (χ4v) is 1.71. The van der Waals surface area contributed by atoms with Crippen molar-refractivity contribution in [3.8, 4) is 5.75 Å². The van der Waals surface area contributed by atoms with Gasteiger partial charge in [0.2, 0.25) is 0 Å². The summed E-state index contributed by atoms with van der Waals surface area (Å²) < 4.78 is 18.1. The molecule has 0 aromatic heterocycles. The second kappa shape index (κ2) is 3.26. The summed E-state index contributed by atoms with van der Waals surface area (Å²) in [6.07, 6.45) is 3.54. The average molecular weight is 194 g/mol. The van der Waals surface area contributed by atoms with Crippen LogP contribution < -0.4 is 4.74 Å². The minimum absolute atomic E-state index is 0.230. The van der Waals surface area contributed by atoms with Gasteiger partial charge in [-0.15, -0.1) is 0 Å². The SMILES string of the molecule is COc1cc(F)ccc1CC1(C)CC1. The summed E-state index contributed by atoms with van der Waals surface area (Å²) >= 11 is 0. The van der Waals surface area contributed by atoms with Gasteiger partial charge in [-0.25, -0.2) is 4.39 Å². The third-order valence-corrected chi connectivity index (χ3v) is 2.97.